The van der Waals surface area contributed by atoms with Crippen LogP contribution in [0.5, 0.6) is 0 Å². The number of fused-ring (bicyclic) bond motifs is 1. The predicted octanol–water partition coefficient (Wildman–Crippen LogP) is 1.81. The van der Waals surface area contributed by atoms with Crippen LogP contribution in [0.15, 0.2) is 35.5 Å². The number of hydrogen-bond acceptors (Lipinski definition) is 3. The van der Waals surface area contributed by atoms with Gasteiger partial charge >= 0.3 is 0 Å². The number of hydrogen-bond donors (Lipinski definition) is 0. The van der Waals surface area contributed by atoms with Crippen molar-refractivity contribution < 1.29 is 14.4 Å². The van der Waals surface area contributed by atoms with Gasteiger partial charge in [-0.2, -0.15) is 0 Å². The highest BCUT2D eigenvalue weighted by Crippen LogP contribution is 2.36. The third-order valence-corrected chi connectivity index (χ3v) is 5.18. The number of amides is 3. The number of likely N-dealkylation sites (tertiary alicyclic amines) is 2. The van der Waals surface area contributed by atoms with Crippen molar-refractivity contribution in [3.63, 3.8) is 0 Å². The quantitative estimate of drug-likeness (QED) is 0.731. The van der Waals surface area contributed by atoms with Crippen molar-refractivity contribution >= 4 is 17.7 Å². The van der Waals surface area contributed by atoms with Crippen molar-refractivity contribution in [2.75, 3.05) is 13.6 Å². The number of nitrogens with zero attached hydrogens (tertiary/aromatic N) is 2. The van der Waals surface area contributed by atoms with Gasteiger partial charge in [0.05, 0.1) is 0 Å². The molecule has 0 aromatic rings. The first-order valence-electron chi connectivity index (χ1n) is 8.09. The molecule has 2 atom stereocenters. The lowest BCUT2D eigenvalue weighted by Gasteiger charge is -2.33. The SMILES string of the molecule is CCC1(C)C=CC=C2C(=O)N(C3CCC(=O)N(C)C3=O)CC2=C1. The number of likely N-dealkylation sites (N-methyl/N-ethyl adjacent to an activating group) is 1. The predicted molar refractivity (Wildman–Crippen MR) is 86.2 cm³/mol. The molecule has 0 bridgehead atoms. The van der Waals surface area contributed by atoms with E-state index in [0.29, 0.717) is 25.0 Å². The zero-order chi connectivity index (χ0) is 16.8. The molecule has 122 valence electrons. The van der Waals surface area contributed by atoms with Crippen molar-refractivity contribution in [3.05, 3.63) is 35.5 Å². The number of allylic oxidation sites excluding steroid dienone is 4. The van der Waals surface area contributed by atoms with Gasteiger partial charge in [-0.1, -0.05) is 32.1 Å². The monoisotopic (exact) mass is 314 g/mol. The summed E-state index contributed by atoms with van der Waals surface area (Å²) in [7, 11) is 1.49. The minimum absolute atomic E-state index is 0.0762. The highest BCUT2D eigenvalue weighted by molar-refractivity contribution is 6.07. The Morgan fingerprint density at radius 2 is 2.04 bits per heavy atom. The van der Waals surface area contributed by atoms with Crippen molar-refractivity contribution in [1.82, 2.24) is 9.80 Å². The molecule has 2 saturated heterocycles. The van der Waals surface area contributed by atoms with Crippen LogP contribution < -0.4 is 0 Å². The average Bonchev–Trinajstić information content (AvgIpc) is 2.71. The Balaban J connectivity index is 1.91. The van der Waals surface area contributed by atoms with Gasteiger partial charge in [0.2, 0.25) is 5.91 Å². The molecule has 2 unspecified atom stereocenters. The van der Waals surface area contributed by atoms with Crippen molar-refractivity contribution in [1.29, 1.82) is 0 Å². The molecule has 0 aromatic carbocycles. The van der Waals surface area contributed by atoms with E-state index in [0.717, 1.165) is 16.9 Å². The Morgan fingerprint density at radius 1 is 1.30 bits per heavy atom. The number of imide groups is 1. The van der Waals surface area contributed by atoms with Crippen molar-refractivity contribution in [2.45, 2.75) is 39.2 Å². The number of carbonyl (C=O) groups is 3. The van der Waals surface area contributed by atoms with Gasteiger partial charge in [-0.3, -0.25) is 19.3 Å². The van der Waals surface area contributed by atoms with Gasteiger partial charge in [-0.15, -0.1) is 0 Å². The molecule has 3 rings (SSSR count). The molecule has 5 heteroatoms. The summed E-state index contributed by atoms with van der Waals surface area (Å²) in [5.41, 5.74) is 1.58. The molecule has 0 saturated carbocycles. The summed E-state index contributed by atoms with van der Waals surface area (Å²) in [6.07, 6.45) is 9.70. The molecule has 3 aliphatic rings. The second-order valence-electron chi connectivity index (χ2n) is 6.75. The van der Waals surface area contributed by atoms with Gasteiger partial charge < -0.3 is 4.90 Å². The molecular formula is C18H22N2O3. The standard InChI is InChI=1S/C18H22N2O3/c1-4-18(2)9-5-6-13-12(10-18)11-20(16(13)22)14-7-8-15(21)19(3)17(14)23/h5-6,9-10,14H,4,7-8,11H2,1-3H3. The Labute approximate surface area is 136 Å². The molecule has 0 aromatic heterocycles. The smallest absolute Gasteiger partial charge is 0.255 e. The zero-order valence-electron chi connectivity index (χ0n) is 13.8. The van der Waals surface area contributed by atoms with Crippen LogP contribution in [0.2, 0.25) is 0 Å². The third-order valence-electron chi connectivity index (χ3n) is 5.18. The highest BCUT2D eigenvalue weighted by atomic mass is 16.2. The van der Waals surface area contributed by atoms with E-state index in [4.69, 9.17) is 0 Å². The molecule has 0 N–H and O–H groups in total. The second kappa shape index (κ2) is 5.48. The van der Waals surface area contributed by atoms with Crippen LogP contribution in [0, 0.1) is 5.41 Å². The van der Waals surface area contributed by atoms with Crippen molar-refractivity contribution in [2.24, 2.45) is 5.41 Å². The van der Waals surface area contributed by atoms with E-state index in [1.165, 1.54) is 7.05 Å². The first-order chi connectivity index (χ1) is 10.9. The van der Waals surface area contributed by atoms with E-state index in [1.807, 2.05) is 12.2 Å². The summed E-state index contributed by atoms with van der Waals surface area (Å²) in [5.74, 6) is -0.560. The third kappa shape index (κ3) is 2.54. The van der Waals surface area contributed by atoms with Gasteiger partial charge in [-0.25, -0.2) is 0 Å². The van der Waals surface area contributed by atoms with E-state index >= 15 is 0 Å². The van der Waals surface area contributed by atoms with Crippen LogP contribution in [-0.2, 0) is 14.4 Å². The van der Waals surface area contributed by atoms with Gasteiger partial charge in [0.25, 0.3) is 11.8 Å². The van der Waals surface area contributed by atoms with Gasteiger partial charge in [0.1, 0.15) is 6.04 Å². The minimum Gasteiger partial charge on any atom is -0.322 e. The summed E-state index contributed by atoms with van der Waals surface area (Å²) in [4.78, 5) is 39.5. The maximum atomic E-state index is 12.8. The lowest BCUT2D eigenvalue weighted by atomic mass is 9.85. The molecule has 0 radical (unpaired) electrons. The molecule has 5 nitrogen and oxygen atoms in total. The van der Waals surface area contributed by atoms with E-state index in [2.05, 4.69) is 26.0 Å². The topological polar surface area (TPSA) is 57.7 Å². The highest BCUT2D eigenvalue weighted by Gasteiger charge is 2.43. The normalized spacial score (nSPS) is 31.1. The number of rotatable bonds is 2. The maximum Gasteiger partial charge on any atom is 0.255 e. The van der Waals surface area contributed by atoms with E-state index < -0.39 is 6.04 Å². The summed E-state index contributed by atoms with van der Waals surface area (Å²) >= 11 is 0. The molecular weight excluding hydrogens is 292 g/mol. The summed E-state index contributed by atoms with van der Waals surface area (Å²) in [5, 5.41) is 0. The first kappa shape index (κ1) is 15.7. The number of carbonyl (C=O) groups excluding carboxylic acids is 3. The zero-order valence-corrected chi connectivity index (χ0v) is 13.8. The first-order valence-corrected chi connectivity index (χ1v) is 8.09. The van der Waals surface area contributed by atoms with Gasteiger partial charge in [0, 0.05) is 31.0 Å². The lowest BCUT2D eigenvalue weighted by molar-refractivity contribution is -0.153. The number of piperidine rings is 1. The minimum atomic E-state index is -0.532. The Morgan fingerprint density at radius 3 is 2.74 bits per heavy atom. The average molecular weight is 314 g/mol. The molecule has 3 amide bonds. The van der Waals surface area contributed by atoms with E-state index in [-0.39, 0.29) is 23.1 Å². The largest absolute Gasteiger partial charge is 0.322 e. The van der Waals surface area contributed by atoms with E-state index in [9.17, 15) is 14.4 Å². The summed E-state index contributed by atoms with van der Waals surface area (Å²) in [6, 6.07) is -0.532. The molecule has 2 aliphatic heterocycles. The Bertz CT molecular complexity index is 674. The van der Waals surface area contributed by atoms with Gasteiger partial charge in [-0.05, 0) is 24.5 Å². The lowest BCUT2D eigenvalue weighted by Crippen LogP contribution is -2.53. The van der Waals surface area contributed by atoms with Crippen LogP contribution in [0.4, 0.5) is 0 Å². The van der Waals surface area contributed by atoms with Crippen LogP contribution in [-0.4, -0.2) is 47.2 Å². The van der Waals surface area contributed by atoms with Crippen molar-refractivity contribution in [3.8, 4) is 0 Å². The molecule has 2 heterocycles. The fourth-order valence-electron chi connectivity index (χ4n) is 3.40. The molecule has 1 aliphatic carbocycles. The van der Waals surface area contributed by atoms with E-state index in [1.54, 1.807) is 4.90 Å². The van der Waals surface area contributed by atoms with Crippen LogP contribution in [0.3, 0.4) is 0 Å². The summed E-state index contributed by atoms with van der Waals surface area (Å²) in [6.45, 7) is 4.70. The fraction of sp³-hybridized carbons (Fsp3) is 0.500. The summed E-state index contributed by atoms with van der Waals surface area (Å²) < 4.78 is 0. The Hall–Kier alpha value is -2.17. The van der Waals surface area contributed by atoms with Crippen LogP contribution >= 0.6 is 0 Å². The Kier molecular flexibility index (Phi) is 3.74. The van der Waals surface area contributed by atoms with Crippen LogP contribution in [0.1, 0.15) is 33.1 Å². The second-order valence-corrected chi connectivity index (χ2v) is 6.75. The maximum absolute atomic E-state index is 12.8. The molecule has 23 heavy (non-hydrogen) atoms. The fourth-order valence-corrected chi connectivity index (χ4v) is 3.40. The molecule has 2 fully saturated rings. The van der Waals surface area contributed by atoms with Crippen LogP contribution in [0.25, 0.3) is 0 Å². The molecule has 0 spiro atoms. The van der Waals surface area contributed by atoms with Gasteiger partial charge in [0.15, 0.2) is 0 Å².